The molecule has 2 amide bonds. The van der Waals surface area contributed by atoms with Crippen LogP contribution in [-0.2, 0) is 9.59 Å². The third-order valence-electron chi connectivity index (χ3n) is 2.76. The summed E-state index contributed by atoms with van der Waals surface area (Å²) in [6, 6.07) is 6.95. The summed E-state index contributed by atoms with van der Waals surface area (Å²) in [5.41, 5.74) is 0.472. The summed E-state index contributed by atoms with van der Waals surface area (Å²) in [4.78, 5) is 23.4. The molecule has 1 aromatic carbocycles. The highest BCUT2D eigenvalue weighted by Crippen LogP contribution is 2.23. The molecule has 0 bridgehead atoms. The van der Waals surface area contributed by atoms with Crippen molar-refractivity contribution in [3.63, 3.8) is 0 Å². The van der Waals surface area contributed by atoms with Gasteiger partial charge in [-0.2, -0.15) is 0 Å². The zero-order chi connectivity index (χ0) is 15.5. The first-order chi connectivity index (χ1) is 10.2. The molecule has 0 radical (unpaired) electrons. The lowest BCUT2D eigenvalue weighted by atomic mass is 10.2. The molecular formula is C15H22N2O4. The van der Waals surface area contributed by atoms with Crippen molar-refractivity contribution in [2.75, 3.05) is 25.1 Å². The fourth-order valence-corrected chi connectivity index (χ4v) is 1.73. The maximum absolute atomic E-state index is 11.8. The lowest BCUT2D eigenvalue weighted by molar-refractivity contribution is -0.136. The number of hydrogen-bond acceptors (Lipinski definition) is 4. The maximum atomic E-state index is 11.8. The average Bonchev–Trinajstić information content (AvgIpc) is 2.49. The minimum absolute atomic E-state index is 0.142. The molecule has 21 heavy (non-hydrogen) atoms. The summed E-state index contributed by atoms with van der Waals surface area (Å²) in [5, 5.41) is 13.7. The monoisotopic (exact) mass is 294 g/mol. The van der Waals surface area contributed by atoms with Crippen LogP contribution < -0.4 is 15.4 Å². The molecule has 0 saturated carbocycles. The Morgan fingerprint density at radius 3 is 2.62 bits per heavy atom. The van der Waals surface area contributed by atoms with E-state index in [4.69, 9.17) is 9.84 Å². The van der Waals surface area contributed by atoms with Gasteiger partial charge in [0.05, 0.1) is 12.3 Å². The summed E-state index contributed by atoms with van der Waals surface area (Å²) in [6.07, 6.45) is 2.24. The first-order valence-corrected chi connectivity index (χ1v) is 7.11. The first-order valence-electron chi connectivity index (χ1n) is 7.11. The number of carbonyl (C=O) groups is 2. The van der Waals surface area contributed by atoms with E-state index < -0.39 is 11.8 Å². The number of ether oxygens (including phenoxy) is 1. The predicted octanol–water partition coefficient (Wildman–Crippen LogP) is 1.30. The van der Waals surface area contributed by atoms with E-state index in [0.717, 1.165) is 12.8 Å². The molecule has 1 rings (SSSR count). The molecule has 0 heterocycles. The standard InChI is InChI=1S/C15H22N2O4/c1-2-21-13-9-5-4-8-12(13)17-15(20)14(19)16-10-6-3-7-11-18/h4-5,8-9,18H,2-3,6-7,10-11H2,1H3,(H,16,19)(H,17,20). The SMILES string of the molecule is CCOc1ccccc1NC(=O)C(=O)NCCCCCO. The summed E-state index contributed by atoms with van der Waals surface area (Å²) in [5.74, 6) is -0.862. The van der Waals surface area contributed by atoms with Gasteiger partial charge in [-0.25, -0.2) is 0 Å². The van der Waals surface area contributed by atoms with Gasteiger partial charge in [0.1, 0.15) is 5.75 Å². The summed E-state index contributed by atoms with van der Waals surface area (Å²) in [6.45, 7) is 2.88. The van der Waals surface area contributed by atoms with Crippen LogP contribution >= 0.6 is 0 Å². The summed E-state index contributed by atoms with van der Waals surface area (Å²) < 4.78 is 5.37. The Morgan fingerprint density at radius 2 is 1.90 bits per heavy atom. The van der Waals surface area contributed by atoms with Crippen LogP contribution in [0.25, 0.3) is 0 Å². The van der Waals surface area contributed by atoms with Gasteiger partial charge in [-0.05, 0) is 38.3 Å². The topological polar surface area (TPSA) is 87.7 Å². The van der Waals surface area contributed by atoms with Crippen LogP contribution in [0.4, 0.5) is 5.69 Å². The Morgan fingerprint density at radius 1 is 1.14 bits per heavy atom. The number of hydrogen-bond donors (Lipinski definition) is 3. The highest BCUT2D eigenvalue weighted by molar-refractivity contribution is 6.39. The quantitative estimate of drug-likeness (QED) is 0.498. The number of benzene rings is 1. The van der Waals surface area contributed by atoms with Gasteiger partial charge in [-0.15, -0.1) is 0 Å². The minimum Gasteiger partial charge on any atom is -0.492 e. The molecule has 0 spiro atoms. The lowest BCUT2D eigenvalue weighted by Gasteiger charge is -2.11. The molecular weight excluding hydrogens is 272 g/mol. The van der Waals surface area contributed by atoms with Crippen LogP contribution in [0.3, 0.4) is 0 Å². The van der Waals surface area contributed by atoms with Gasteiger partial charge in [0, 0.05) is 13.2 Å². The molecule has 3 N–H and O–H groups in total. The Kier molecular flexibility index (Phi) is 7.89. The zero-order valence-corrected chi connectivity index (χ0v) is 12.2. The van der Waals surface area contributed by atoms with Gasteiger partial charge in [0.25, 0.3) is 0 Å². The maximum Gasteiger partial charge on any atom is 0.313 e. The highest BCUT2D eigenvalue weighted by Gasteiger charge is 2.14. The number of aliphatic hydroxyl groups excluding tert-OH is 1. The Hall–Kier alpha value is -2.08. The van der Waals surface area contributed by atoms with Crippen LogP contribution in [0, 0.1) is 0 Å². The number of carbonyl (C=O) groups excluding carboxylic acids is 2. The van der Waals surface area contributed by atoms with E-state index in [1.165, 1.54) is 0 Å². The van der Waals surface area contributed by atoms with E-state index in [-0.39, 0.29) is 6.61 Å². The average molecular weight is 294 g/mol. The number of unbranched alkanes of at least 4 members (excludes halogenated alkanes) is 2. The second kappa shape index (κ2) is 9.77. The number of anilines is 1. The summed E-state index contributed by atoms with van der Waals surface area (Å²) in [7, 11) is 0. The third kappa shape index (κ3) is 6.27. The molecule has 0 fully saturated rings. The number of rotatable bonds is 8. The molecule has 0 saturated heterocycles. The molecule has 6 nitrogen and oxygen atoms in total. The Balaban J connectivity index is 2.43. The van der Waals surface area contributed by atoms with Crippen molar-refractivity contribution in [1.29, 1.82) is 0 Å². The largest absolute Gasteiger partial charge is 0.492 e. The fourth-order valence-electron chi connectivity index (χ4n) is 1.73. The normalized spacial score (nSPS) is 10.0. The molecule has 116 valence electrons. The van der Waals surface area contributed by atoms with E-state index in [2.05, 4.69) is 10.6 Å². The van der Waals surface area contributed by atoms with Gasteiger partial charge in [0.15, 0.2) is 0 Å². The van der Waals surface area contributed by atoms with Crippen LogP contribution in [0.5, 0.6) is 5.75 Å². The van der Waals surface area contributed by atoms with Gasteiger partial charge in [-0.3, -0.25) is 9.59 Å². The van der Waals surface area contributed by atoms with E-state index in [1.807, 2.05) is 6.92 Å². The highest BCUT2D eigenvalue weighted by atomic mass is 16.5. The smallest absolute Gasteiger partial charge is 0.313 e. The van der Waals surface area contributed by atoms with Crippen molar-refractivity contribution in [2.45, 2.75) is 26.2 Å². The molecule has 6 heteroatoms. The molecule has 1 aromatic rings. The van der Waals surface area contributed by atoms with Crippen molar-refractivity contribution in [1.82, 2.24) is 5.32 Å². The van der Waals surface area contributed by atoms with Gasteiger partial charge in [-0.1, -0.05) is 12.1 Å². The molecule has 0 atom stereocenters. The zero-order valence-electron chi connectivity index (χ0n) is 12.2. The number of amides is 2. The molecule has 0 aliphatic rings. The minimum atomic E-state index is -0.718. The molecule has 0 aliphatic heterocycles. The van der Waals surface area contributed by atoms with E-state index in [0.29, 0.717) is 31.0 Å². The summed E-state index contributed by atoms with van der Waals surface area (Å²) >= 11 is 0. The van der Waals surface area contributed by atoms with Gasteiger partial charge >= 0.3 is 11.8 Å². The van der Waals surface area contributed by atoms with Crippen molar-refractivity contribution in [2.24, 2.45) is 0 Å². The van der Waals surface area contributed by atoms with Crippen molar-refractivity contribution < 1.29 is 19.4 Å². The number of para-hydroxylation sites is 2. The molecule has 0 aromatic heterocycles. The predicted molar refractivity (Wildman–Crippen MR) is 80.2 cm³/mol. The first kappa shape index (κ1) is 17.0. The fraction of sp³-hybridized carbons (Fsp3) is 0.467. The van der Waals surface area contributed by atoms with Gasteiger partial charge < -0.3 is 20.5 Å². The van der Waals surface area contributed by atoms with E-state index in [1.54, 1.807) is 24.3 Å². The second-order valence-corrected chi connectivity index (χ2v) is 4.42. The Bertz CT molecular complexity index is 463. The van der Waals surface area contributed by atoms with Crippen molar-refractivity contribution in [3.8, 4) is 5.75 Å². The number of nitrogens with one attached hydrogen (secondary N) is 2. The van der Waals surface area contributed by atoms with Crippen molar-refractivity contribution >= 4 is 17.5 Å². The Labute approximate surface area is 124 Å². The van der Waals surface area contributed by atoms with Gasteiger partial charge in [0.2, 0.25) is 0 Å². The van der Waals surface area contributed by atoms with Crippen molar-refractivity contribution in [3.05, 3.63) is 24.3 Å². The van der Waals surface area contributed by atoms with Crippen LogP contribution in [0.1, 0.15) is 26.2 Å². The second-order valence-electron chi connectivity index (χ2n) is 4.42. The molecule has 0 aliphatic carbocycles. The number of aliphatic hydroxyl groups is 1. The third-order valence-corrected chi connectivity index (χ3v) is 2.76. The van der Waals surface area contributed by atoms with E-state index >= 15 is 0 Å². The van der Waals surface area contributed by atoms with E-state index in [9.17, 15) is 9.59 Å². The lowest BCUT2D eigenvalue weighted by Crippen LogP contribution is -2.36. The van der Waals surface area contributed by atoms with Crippen LogP contribution in [0.15, 0.2) is 24.3 Å². The van der Waals surface area contributed by atoms with Crippen LogP contribution in [-0.4, -0.2) is 36.7 Å². The van der Waals surface area contributed by atoms with Crippen LogP contribution in [0.2, 0.25) is 0 Å². The molecule has 0 unspecified atom stereocenters.